The van der Waals surface area contributed by atoms with E-state index in [1.165, 1.54) is 16.8 Å². The van der Waals surface area contributed by atoms with Gasteiger partial charge in [0.1, 0.15) is 0 Å². The molecule has 0 aliphatic heterocycles. The first-order chi connectivity index (χ1) is 8.64. The minimum absolute atomic E-state index is 0.121. The van der Waals surface area contributed by atoms with E-state index in [9.17, 15) is 0 Å². The Kier molecular flexibility index (Phi) is 2.59. The molecule has 2 aromatic rings. The molecular weight excluding hydrogens is 246 g/mol. The maximum absolute atomic E-state index is 6.11. The Labute approximate surface area is 111 Å². The van der Waals surface area contributed by atoms with Crippen molar-refractivity contribution in [3.63, 3.8) is 0 Å². The SMILES string of the molecule is CCC1(c2cnc[nH]2)Cc2cc(N)c(Cl)cc2C1. The zero-order valence-electron chi connectivity index (χ0n) is 10.3. The average Bonchev–Trinajstić information content (AvgIpc) is 2.97. The second-order valence-electron chi connectivity index (χ2n) is 5.10. The molecule has 3 nitrogen and oxygen atoms in total. The third-order valence-corrected chi connectivity index (χ3v) is 4.45. The molecule has 0 saturated carbocycles. The van der Waals surface area contributed by atoms with Crippen LogP contribution in [0.2, 0.25) is 5.02 Å². The summed E-state index contributed by atoms with van der Waals surface area (Å²) in [5.74, 6) is 0. The van der Waals surface area contributed by atoms with E-state index in [4.69, 9.17) is 17.3 Å². The van der Waals surface area contributed by atoms with Crippen LogP contribution in [0.25, 0.3) is 0 Å². The molecule has 18 heavy (non-hydrogen) atoms. The van der Waals surface area contributed by atoms with E-state index in [1.807, 2.05) is 18.3 Å². The van der Waals surface area contributed by atoms with Crippen LogP contribution in [-0.4, -0.2) is 9.97 Å². The molecule has 0 amide bonds. The molecule has 3 N–H and O–H groups in total. The zero-order valence-corrected chi connectivity index (χ0v) is 11.1. The second kappa shape index (κ2) is 4.02. The van der Waals surface area contributed by atoms with E-state index in [-0.39, 0.29) is 5.41 Å². The molecule has 1 heterocycles. The van der Waals surface area contributed by atoms with Gasteiger partial charge >= 0.3 is 0 Å². The normalized spacial score (nSPS) is 22.1. The van der Waals surface area contributed by atoms with Gasteiger partial charge in [-0.1, -0.05) is 18.5 Å². The quantitative estimate of drug-likeness (QED) is 0.817. The van der Waals surface area contributed by atoms with Gasteiger partial charge in [0.05, 0.1) is 17.0 Å². The molecule has 1 unspecified atom stereocenters. The van der Waals surface area contributed by atoms with Crippen molar-refractivity contribution in [2.45, 2.75) is 31.6 Å². The maximum Gasteiger partial charge on any atom is 0.0921 e. The standard InChI is InChI=1S/C14H16ClN3/c1-2-14(13-7-17-8-18-13)5-9-3-11(15)12(16)4-10(9)6-14/h3-4,7-8H,2,5-6,16H2,1H3,(H,17,18). The van der Waals surface area contributed by atoms with Crippen LogP contribution in [0, 0.1) is 0 Å². The number of nitrogens with zero attached hydrogens (tertiary/aromatic N) is 1. The first kappa shape index (κ1) is 11.6. The summed E-state index contributed by atoms with van der Waals surface area (Å²) in [6, 6.07) is 4.03. The molecule has 0 bridgehead atoms. The van der Waals surface area contributed by atoms with Crippen LogP contribution < -0.4 is 5.73 Å². The van der Waals surface area contributed by atoms with Crippen LogP contribution >= 0.6 is 11.6 Å². The first-order valence-corrected chi connectivity index (χ1v) is 6.58. The van der Waals surface area contributed by atoms with Crippen LogP contribution in [0.3, 0.4) is 0 Å². The number of imidazole rings is 1. The Bertz CT molecular complexity index is 544. The molecule has 1 aliphatic carbocycles. The summed E-state index contributed by atoms with van der Waals surface area (Å²) in [6.45, 7) is 2.22. The molecule has 1 aromatic heterocycles. The minimum atomic E-state index is 0.121. The maximum atomic E-state index is 6.11. The Balaban J connectivity index is 2.05. The first-order valence-electron chi connectivity index (χ1n) is 6.20. The van der Waals surface area contributed by atoms with Crippen LogP contribution in [0.1, 0.15) is 30.2 Å². The lowest BCUT2D eigenvalue weighted by Crippen LogP contribution is -2.26. The Morgan fingerprint density at radius 2 is 2.11 bits per heavy atom. The summed E-state index contributed by atoms with van der Waals surface area (Å²) < 4.78 is 0. The number of hydrogen-bond donors (Lipinski definition) is 2. The van der Waals surface area contributed by atoms with Gasteiger partial charge in [-0.25, -0.2) is 4.98 Å². The van der Waals surface area contributed by atoms with E-state index in [0.29, 0.717) is 10.7 Å². The molecule has 4 heteroatoms. The molecule has 3 rings (SSSR count). The lowest BCUT2D eigenvalue weighted by Gasteiger charge is -2.25. The average molecular weight is 262 g/mol. The fourth-order valence-electron chi connectivity index (χ4n) is 2.98. The molecule has 0 fully saturated rings. The van der Waals surface area contributed by atoms with Gasteiger partial charge < -0.3 is 10.7 Å². The van der Waals surface area contributed by atoms with Crippen LogP contribution in [0.4, 0.5) is 5.69 Å². The Morgan fingerprint density at radius 1 is 1.39 bits per heavy atom. The number of anilines is 1. The number of halogens is 1. The summed E-state index contributed by atoms with van der Waals surface area (Å²) in [5, 5.41) is 0.658. The summed E-state index contributed by atoms with van der Waals surface area (Å²) in [4.78, 5) is 7.41. The van der Waals surface area contributed by atoms with E-state index in [1.54, 1.807) is 6.33 Å². The number of nitrogens with two attached hydrogens (primary N) is 1. The Morgan fingerprint density at radius 3 is 2.72 bits per heavy atom. The summed E-state index contributed by atoms with van der Waals surface area (Å²) in [5.41, 5.74) is 10.5. The van der Waals surface area contributed by atoms with Crippen molar-refractivity contribution < 1.29 is 0 Å². The van der Waals surface area contributed by atoms with Crippen molar-refractivity contribution in [2.75, 3.05) is 5.73 Å². The third kappa shape index (κ3) is 1.62. The number of benzene rings is 1. The van der Waals surface area contributed by atoms with E-state index >= 15 is 0 Å². The van der Waals surface area contributed by atoms with Crippen molar-refractivity contribution in [2.24, 2.45) is 0 Å². The van der Waals surface area contributed by atoms with Crippen molar-refractivity contribution in [3.05, 3.63) is 46.5 Å². The van der Waals surface area contributed by atoms with Crippen molar-refractivity contribution in [1.82, 2.24) is 9.97 Å². The van der Waals surface area contributed by atoms with Gasteiger partial charge in [-0.05, 0) is 42.5 Å². The van der Waals surface area contributed by atoms with Crippen LogP contribution in [0.15, 0.2) is 24.7 Å². The number of nitrogen functional groups attached to an aromatic ring is 1. The zero-order chi connectivity index (χ0) is 12.8. The van der Waals surface area contributed by atoms with Crippen LogP contribution in [0.5, 0.6) is 0 Å². The smallest absolute Gasteiger partial charge is 0.0921 e. The molecule has 1 atom stereocenters. The highest BCUT2D eigenvalue weighted by Crippen LogP contribution is 2.43. The fourth-order valence-corrected chi connectivity index (χ4v) is 3.16. The molecule has 0 saturated heterocycles. The largest absolute Gasteiger partial charge is 0.398 e. The van der Waals surface area contributed by atoms with E-state index in [2.05, 4.69) is 16.9 Å². The molecule has 0 spiro atoms. The molecule has 1 aliphatic rings. The highest BCUT2D eigenvalue weighted by atomic mass is 35.5. The highest BCUT2D eigenvalue weighted by Gasteiger charge is 2.38. The predicted octanol–water partition coefficient (Wildman–Crippen LogP) is 3.09. The Hall–Kier alpha value is -1.48. The lowest BCUT2D eigenvalue weighted by atomic mass is 9.79. The second-order valence-corrected chi connectivity index (χ2v) is 5.50. The van der Waals surface area contributed by atoms with Gasteiger partial charge in [0.25, 0.3) is 0 Å². The van der Waals surface area contributed by atoms with Gasteiger partial charge in [-0.3, -0.25) is 0 Å². The third-order valence-electron chi connectivity index (χ3n) is 4.12. The van der Waals surface area contributed by atoms with E-state index in [0.717, 1.165) is 19.3 Å². The summed E-state index contributed by atoms with van der Waals surface area (Å²) in [7, 11) is 0. The highest BCUT2D eigenvalue weighted by molar-refractivity contribution is 6.33. The van der Waals surface area contributed by atoms with Gasteiger partial charge in [-0.15, -0.1) is 0 Å². The van der Waals surface area contributed by atoms with E-state index < -0.39 is 0 Å². The van der Waals surface area contributed by atoms with Crippen LogP contribution in [-0.2, 0) is 18.3 Å². The van der Waals surface area contributed by atoms with Gasteiger partial charge in [0.15, 0.2) is 0 Å². The molecule has 1 aromatic carbocycles. The van der Waals surface area contributed by atoms with Crippen molar-refractivity contribution in [1.29, 1.82) is 0 Å². The molecular formula is C14H16ClN3. The summed E-state index contributed by atoms with van der Waals surface area (Å²) in [6.07, 6.45) is 6.75. The monoisotopic (exact) mass is 261 g/mol. The van der Waals surface area contributed by atoms with Gasteiger partial charge in [-0.2, -0.15) is 0 Å². The topological polar surface area (TPSA) is 54.7 Å². The fraction of sp³-hybridized carbons (Fsp3) is 0.357. The van der Waals surface area contributed by atoms with Crippen molar-refractivity contribution >= 4 is 17.3 Å². The van der Waals surface area contributed by atoms with Gasteiger partial charge in [0.2, 0.25) is 0 Å². The number of rotatable bonds is 2. The molecule has 0 radical (unpaired) electrons. The number of fused-ring (bicyclic) bond motifs is 1. The number of aromatic amines is 1. The molecule has 94 valence electrons. The number of hydrogen-bond acceptors (Lipinski definition) is 2. The van der Waals surface area contributed by atoms with Gasteiger partial charge in [0, 0.05) is 17.3 Å². The summed E-state index contributed by atoms with van der Waals surface area (Å²) >= 11 is 6.11. The number of nitrogens with one attached hydrogen (secondary N) is 1. The minimum Gasteiger partial charge on any atom is -0.398 e. The lowest BCUT2D eigenvalue weighted by molar-refractivity contribution is 0.424. The predicted molar refractivity (Wildman–Crippen MR) is 73.8 cm³/mol. The number of aromatic nitrogens is 2. The van der Waals surface area contributed by atoms with Crippen molar-refractivity contribution in [3.8, 4) is 0 Å². The number of H-pyrrole nitrogens is 1.